The fraction of sp³-hybridized carbons (Fsp3) is 0.833. The van der Waals surface area contributed by atoms with Gasteiger partial charge in [-0.25, -0.2) is 0 Å². The average Bonchev–Trinajstić information content (AvgIpc) is 2.53. The van der Waals surface area contributed by atoms with E-state index < -0.39 is 19.3 Å². The van der Waals surface area contributed by atoms with Crippen molar-refractivity contribution in [2.24, 2.45) is 10.8 Å². The molecule has 0 aliphatic heterocycles. The van der Waals surface area contributed by atoms with E-state index >= 15 is 0 Å². The van der Waals surface area contributed by atoms with Gasteiger partial charge in [0.15, 0.2) is 14.6 Å². The molecule has 1 N–H and O–H groups in total. The van der Waals surface area contributed by atoms with Gasteiger partial charge in [-0.15, -0.1) is 0 Å². The molecule has 3 rings (SSSR count). The summed E-state index contributed by atoms with van der Waals surface area (Å²) in [5.74, 6) is 0. The van der Waals surface area contributed by atoms with E-state index in [0.29, 0.717) is 6.42 Å². The molecule has 0 aromatic rings. The van der Waals surface area contributed by atoms with E-state index in [9.17, 15) is 9.90 Å². The molecule has 4 atom stereocenters. The van der Waals surface area contributed by atoms with Crippen molar-refractivity contribution in [1.82, 2.24) is 0 Å². The minimum Gasteiger partial charge on any atom is -0.413 e. The minimum atomic E-state index is -1.89. The molecule has 2 bridgehead atoms. The van der Waals surface area contributed by atoms with E-state index in [2.05, 4.69) is 52.9 Å². The van der Waals surface area contributed by atoms with Crippen LogP contribution in [0.5, 0.6) is 0 Å². The van der Waals surface area contributed by atoms with Gasteiger partial charge in [-0.1, -0.05) is 46.8 Å². The van der Waals surface area contributed by atoms with E-state index in [1.54, 1.807) is 0 Å². The lowest BCUT2D eigenvalue weighted by atomic mass is 9.62. The van der Waals surface area contributed by atoms with Crippen molar-refractivity contribution >= 4 is 14.6 Å². The van der Waals surface area contributed by atoms with Crippen LogP contribution in [0, 0.1) is 10.8 Å². The van der Waals surface area contributed by atoms with Crippen molar-refractivity contribution in [3.63, 3.8) is 0 Å². The maximum Gasteiger partial charge on any atom is 0.192 e. The molecule has 0 aromatic heterocycles. The highest BCUT2D eigenvalue weighted by Gasteiger charge is 2.57. The van der Waals surface area contributed by atoms with Crippen molar-refractivity contribution in [2.75, 3.05) is 0 Å². The predicted octanol–water partition coefficient (Wildman–Crippen LogP) is 4.07. The second-order valence-corrected chi connectivity index (χ2v) is 14.1. The van der Waals surface area contributed by atoms with Crippen LogP contribution in [0.25, 0.3) is 0 Å². The highest BCUT2D eigenvalue weighted by molar-refractivity contribution is 6.74. The molecule has 3 nitrogen and oxygen atoms in total. The Bertz CT molecular complexity index is 493. The van der Waals surface area contributed by atoms with E-state index in [0.717, 1.165) is 19.1 Å². The maximum absolute atomic E-state index is 11.6. The van der Waals surface area contributed by atoms with E-state index in [4.69, 9.17) is 4.43 Å². The summed E-state index contributed by atoms with van der Waals surface area (Å²) in [5.41, 5.74) is -2.02. The Hall–Kier alpha value is -0.453. The van der Waals surface area contributed by atoms with Gasteiger partial charge in [0.05, 0.1) is 6.10 Å². The molecule has 0 saturated heterocycles. The SMILES string of the molecule is CC(C)(C)[Si](C)(C)O[C@H]1CC[C@]2(C)C=C[C@@]1(C)CC2(O)C=O. The first-order chi connectivity index (χ1) is 9.79. The van der Waals surface area contributed by atoms with Gasteiger partial charge in [-0.05, 0) is 37.4 Å². The van der Waals surface area contributed by atoms with Crippen LogP contribution >= 0.6 is 0 Å². The minimum absolute atomic E-state index is 0.0699. The average molecular weight is 325 g/mol. The van der Waals surface area contributed by atoms with Gasteiger partial charge in [0.2, 0.25) is 0 Å². The Morgan fingerprint density at radius 2 is 1.86 bits per heavy atom. The smallest absolute Gasteiger partial charge is 0.192 e. The molecule has 0 amide bonds. The number of aldehydes is 1. The standard InChI is InChI=1S/C18H32O3Si/c1-15(2,3)22(6,7)21-14-8-9-17(5)11-10-16(14,4)12-18(17,20)13-19/h10-11,13-14,20H,8-9,12H2,1-7H3/t14-,16-,17+,18?/m0/s1. The lowest BCUT2D eigenvalue weighted by Crippen LogP contribution is -2.53. The molecule has 3 aliphatic rings. The summed E-state index contributed by atoms with van der Waals surface area (Å²) in [4.78, 5) is 11.6. The predicted molar refractivity (Wildman–Crippen MR) is 92.3 cm³/mol. The summed E-state index contributed by atoms with van der Waals surface area (Å²) < 4.78 is 6.70. The highest BCUT2D eigenvalue weighted by Crippen LogP contribution is 2.55. The van der Waals surface area contributed by atoms with Crippen LogP contribution in [0.3, 0.4) is 0 Å². The summed E-state index contributed by atoms with van der Waals surface area (Å²) in [6.07, 6.45) is 7.20. The Labute approximate surface area is 136 Å². The van der Waals surface area contributed by atoms with E-state index in [1.165, 1.54) is 0 Å². The molecule has 0 aromatic carbocycles. The quantitative estimate of drug-likeness (QED) is 0.483. The normalized spacial score (nSPS) is 42.3. The second-order valence-electron chi connectivity index (χ2n) is 9.38. The van der Waals surface area contributed by atoms with Crippen molar-refractivity contribution in [3.8, 4) is 0 Å². The van der Waals surface area contributed by atoms with Crippen LogP contribution in [0.2, 0.25) is 18.1 Å². The second kappa shape index (κ2) is 5.02. The number of fused-ring (bicyclic) bond motifs is 3. The topological polar surface area (TPSA) is 46.5 Å². The zero-order valence-corrected chi connectivity index (χ0v) is 16.2. The zero-order valence-electron chi connectivity index (χ0n) is 15.2. The van der Waals surface area contributed by atoms with Crippen LogP contribution in [-0.2, 0) is 9.22 Å². The van der Waals surface area contributed by atoms with Gasteiger partial charge in [-0.2, -0.15) is 0 Å². The Morgan fingerprint density at radius 3 is 2.36 bits per heavy atom. The Morgan fingerprint density at radius 1 is 1.27 bits per heavy atom. The third-order valence-electron chi connectivity index (χ3n) is 6.57. The van der Waals surface area contributed by atoms with Gasteiger partial charge < -0.3 is 14.3 Å². The summed E-state index contributed by atoms with van der Waals surface area (Å²) in [7, 11) is -1.89. The summed E-state index contributed by atoms with van der Waals surface area (Å²) in [6.45, 7) is 15.4. The van der Waals surface area contributed by atoms with Gasteiger partial charge in [-0.3, -0.25) is 0 Å². The lowest BCUT2D eigenvalue weighted by Gasteiger charge is -2.48. The Balaban J connectivity index is 2.35. The zero-order chi connectivity index (χ0) is 17.0. The molecular formula is C18H32O3Si. The number of aliphatic hydroxyl groups is 1. The fourth-order valence-electron chi connectivity index (χ4n) is 3.54. The fourth-order valence-corrected chi connectivity index (χ4v) is 5.00. The molecule has 1 fully saturated rings. The number of carbonyl (C=O) groups excluding carboxylic acids is 1. The first kappa shape index (κ1) is 17.9. The molecule has 0 radical (unpaired) electrons. The van der Waals surface area contributed by atoms with E-state index in [-0.39, 0.29) is 16.6 Å². The van der Waals surface area contributed by atoms with Gasteiger partial charge in [0, 0.05) is 10.8 Å². The van der Waals surface area contributed by atoms with Gasteiger partial charge in [0.25, 0.3) is 0 Å². The monoisotopic (exact) mass is 324 g/mol. The number of carbonyl (C=O) groups is 1. The number of hydrogen-bond acceptors (Lipinski definition) is 3. The van der Waals surface area contributed by atoms with Gasteiger partial charge >= 0.3 is 0 Å². The molecule has 0 spiro atoms. The van der Waals surface area contributed by atoms with Crippen molar-refractivity contribution in [1.29, 1.82) is 0 Å². The van der Waals surface area contributed by atoms with Crippen molar-refractivity contribution < 1.29 is 14.3 Å². The van der Waals surface area contributed by atoms with Crippen LogP contribution < -0.4 is 0 Å². The Kier molecular flexibility index (Phi) is 4.08. The van der Waals surface area contributed by atoms with Crippen molar-refractivity contribution in [2.45, 2.75) is 83.7 Å². The molecule has 22 heavy (non-hydrogen) atoms. The first-order valence-corrected chi connectivity index (χ1v) is 11.3. The molecule has 4 heteroatoms. The first-order valence-electron chi connectivity index (χ1n) is 8.36. The molecule has 3 aliphatic carbocycles. The van der Waals surface area contributed by atoms with Gasteiger partial charge in [0.1, 0.15) is 5.60 Å². The summed E-state index contributed by atoms with van der Waals surface area (Å²) in [5, 5.41) is 11.0. The third kappa shape index (κ3) is 2.63. The molecule has 1 unspecified atom stereocenters. The van der Waals surface area contributed by atoms with Crippen LogP contribution in [0.1, 0.15) is 53.9 Å². The molecule has 1 saturated carbocycles. The lowest BCUT2D eigenvalue weighted by molar-refractivity contribution is -0.140. The summed E-state index contributed by atoms with van der Waals surface area (Å²) >= 11 is 0. The molecular weight excluding hydrogens is 292 g/mol. The van der Waals surface area contributed by atoms with Crippen LogP contribution in [0.15, 0.2) is 12.2 Å². The number of hydrogen-bond donors (Lipinski definition) is 1. The molecule has 0 heterocycles. The third-order valence-corrected chi connectivity index (χ3v) is 11.1. The van der Waals surface area contributed by atoms with Crippen LogP contribution in [-0.4, -0.2) is 31.4 Å². The van der Waals surface area contributed by atoms with Crippen molar-refractivity contribution in [3.05, 3.63) is 12.2 Å². The molecule has 126 valence electrons. The van der Waals surface area contributed by atoms with Crippen LogP contribution in [0.4, 0.5) is 0 Å². The maximum atomic E-state index is 11.6. The number of rotatable bonds is 3. The van der Waals surface area contributed by atoms with E-state index in [1.807, 2.05) is 6.92 Å². The summed E-state index contributed by atoms with van der Waals surface area (Å²) in [6, 6.07) is 0. The largest absolute Gasteiger partial charge is 0.413 e. The highest BCUT2D eigenvalue weighted by atomic mass is 28.4.